The molecule has 0 fully saturated rings. The minimum atomic E-state index is -0.199. The Kier molecular flexibility index (Phi) is 9.36. The van der Waals surface area contributed by atoms with Crippen LogP contribution in [0.3, 0.4) is 0 Å². The summed E-state index contributed by atoms with van der Waals surface area (Å²) in [6.07, 6.45) is 1.57. The van der Waals surface area contributed by atoms with Gasteiger partial charge in [0.05, 0.1) is 11.1 Å². The summed E-state index contributed by atoms with van der Waals surface area (Å²) in [5.41, 5.74) is 14.1. The molecule has 0 atom stereocenters. The zero-order valence-corrected chi connectivity index (χ0v) is 27.7. The lowest BCUT2D eigenvalue weighted by molar-refractivity contribution is 0.0526. The summed E-state index contributed by atoms with van der Waals surface area (Å²) in [6.45, 7) is 0.879. The number of aromatic hydroxyl groups is 3. The van der Waals surface area contributed by atoms with Crippen LogP contribution in [0.1, 0.15) is 54.1 Å². The van der Waals surface area contributed by atoms with Gasteiger partial charge in [-0.2, -0.15) is 0 Å². The van der Waals surface area contributed by atoms with E-state index in [0.29, 0.717) is 47.3 Å². The molecule has 0 aromatic heterocycles. The SMILES string of the molecule is Nc1ccc2c(c1)Oc1cc(O)ccc1C2.O=C1OCc2ccccc21.O=C1OCc2ccccc21.Oc1ccc2c(c1)Oc1cc(O)ccc1C2. The Labute approximate surface area is 298 Å². The van der Waals surface area contributed by atoms with Crippen LogP contribution < -0.4 is 15.2 Å². The van der Waals surface area contributed by atoms with Crippen LogP contribution in [0.25, 0.3) is 0 Å². The lowest BCUT2D eigenvalue weighted by Crippen LogP contribution is -2.03. The highest BCUT2D eigenvalue weighted by Gasteiger charge is 2.21. The first-order valence-corrected chi connectivity index (χ1v) is 16.4. The molecule has 0 amide bonds. The summed E-state index contributed by atoms with van der Waals surface area (Å²) in [4.78, 5) is 21.7. The Morgan fingerprint density at radius 3 is 1.21 bits per heavy atom. The minimum Gasteiger partial charge on any atom is -0.508 e. The predicted octanol–water partition coefficient (Wildman–Crippen LogP) is 8.18. The number of esters is 2. The van der Waals surface area contributed by atoms with Crippen molar-refractivity contribution in [2.75, 3.05) is 5.73 Å². The number of hydrogen-bond acceptors (Lipinski definition) is 10. The molecule has 6 aromatic rings. The van der Waals surface area contributed by atoms with Crippen LogP contribution >= 0.6 is 0 Å². The van der Waals surface area contributed by atoms with Gasteiger partial charge in [-0.25, -0.2) is 9.59 Å². The fourth-order valence-electron chi connectivity index (χ4n) is 5.95. The molecule has 4 heterocycles. The quantitative estimate of drug-likeness (QED) is 0.0901. The highest BCUT2D eigenvalue weighted by atomic mass is 16.5. The first-order chi connectivity index (χ1) is 25.2. The fraction of sp³-hybridized carbons (Fsp3) is 0.0952. The smallest absolute Gasteiger partial charge is 0.338 e. The number of carbonyl (C=O) groups excluding carboxylic acids is 2. The molecule has 4 aliphatic heterocycles. The van der Waals surface area contributed by atoms with E-state index in [1.807, 2.05) is 72.8 Å². The van der Waals surface area contributed by atoms with Crippen LogP contribution in [-0.4, -0.2) is 27.3 Å². The van der Waals surface area contributed by atoms with E-state index < -0.39 is 0 Å². The number of nitrogen functional groups attached to an aromatic ring is 1. The number of nitrogens with two attached hydrogens (primary N) is 1. The van der Waals surface area contributed by atoms with Gasteiger partial charge in [0.1, 0.15) is 53.5 Å². The van der Waals surface area contributed by atoms with E-state index in [9.17, 15) is 24.9 Å². The third-order valence-electron chi connectivity index (χ3n) is 8.64. The highest BCUT2D eigenvalue weighted by molar-refractivity contribution is 5.93. The zero-order valence-electron chi connectivity index (χ0n) is 27.7. The van der Waals surface area contributed by atoms with Crippen LogP contribution in [0.15, 0.2) is 121 Å². The van der Waals surface area contributed by atoms with Gasteiger partial charge in [-0.05, 0) is 58.7 Å². The van der Waals surface area contributed by atoms with Crippen molar-refractivity contribution < 1.29 is 43.9 Å². The molecule has 0 saturated carbocycles. The highest BCUT2D eigenvalue weighted by Crippen LogP contribution is 2.40. The average molecular weight is 696 g/mol. The van der Waals surface area contributed by atoms with Crippen molar-refractivity contribution in [3.63, 3.8) is 0 Å². The van der Waals surface area contributed by atoms with E-state index in [-0.39, 0.29) is 29.2 Å². The Morgan fingerprint density at radius 1 is 0.442 bits per heavy atom. The van der Waals surface area contributed by atoms with Gasteiger partial charge in [-0.15, -0.1) is 0 Å². The molecule has 10 nitrogen and oxygen atoms in total. The van der Waals surface area contributed by atoms with Crippen molar-refractivity contribution in [2.24, 2.45) is 0 Å². The monoisotopic (exact) mass is 695 g/mol. The maximum absolute atomic E-state index is 10.8. The van der Waals surface area contributed by atoms with Crippen molar-refractivity contribution in [1.82, 2.24) is 0 Å². The minimum absolute atomic E-state index is 0.183. The van der Waals surface area contributed by atoms with E-state index in [2.05, 4.69) is 0 Å². The maximum Gasteiger partial charge on any atom is 0.338 e. The Morgan fingerprint density at radius 2 is 0.808 bits per heavy atom. The van der Waals surface area contributed by atoms with Gasteiger partial charge in [0.15, 0.2) is 0 Å². The molecule has 0 saturated heterocycles. The number of anilines is 1. The second-order valence-electron chi connectivity index (χ2n) is 12.3. The first kappa shape index (κ1) is 33.6. The summed E-state index contributed by atoms with van der Waals surface area (Å²) in [7, 11) is 0. The summed E-state index contributed by atoms with van der Waals surface area (Å²) in [6, 6.07) is 35.8. The number of ether oxygens (including phenoxy) is 4. The molecule has 6 aromatic carbocycles. The van der Waals surface area contributed by atoms with E-state index >= 15 is 0 Å². The van der Waals surface area contributed by atoms with Crippen molar-refractivity contribution in [2.45, 2.75) is 26.1 Å². The predicted molar refractivity (Wildman–Crippen MR) is 192 cm³/mol. The second kappa shape index (κ2) is 14.5. The molecule has 0 unspecified atom stereocenters. The molecule has 260 valence electrons. The summed E-state index contributed by atoms with van der Waals surface area (Å²) >= 11 is 0. The Bertz CT molecular complexity index is 2060. The van der Waals surface area contributed by atoms with Crippen LogP contribution in [-0.2, 0) is 35.5 Å². The lowest BCUT2D eigenvalue weighted by Gasteiger charge is -2.20. The maximum atomic E-state index is 10.8. The topological polar surface area (TPSA) is 158 Å². The van der Waals surface area contributed by atoms with Crippen LogP contribution in [0.2, 0.25) is 0 Å². The lowest BCUT2D eigenvalue weighted by atomic mass is 10.00. The van der Waals surface area contributed by atoms with Crippen LogP contribution in [0.5, 0.6) is 40.2 Å². The van der Waals surface area contributed by atoms with E-state index in [1.165, 1.54) is 0 Å². The molecule has 5 N–H and O–H groups in total. The van der Waals surface area contributed by atoms with Gasteiger partial charge in [0, 0.05) is 53.9 Å². The van der Waals surface area contributed by atoms with Crippen molar-refractivity contribution in [1.29, 1.82) is 0 Å². The third-order valence-corrected chi connectivity index (χ3v) is 8.64. The van der Waals surface area contributed by atoms with E-state index in [4.69, 9.17) is 24.7 Å². The summed E-state index contributed by atoms with van der Waals surface area (Å²) in [5.74, 6) is 2.97. The van der Waals surface area contributed by atoms with Crippen molar-refractivity contribution in [3.8, 4) is 40.2 Å². The van der Waals surface area contributed by atoms with E-state index in [1.54, 1.807) is 48.5 Å². The molecule has 10 heteroatoms. The Balaban J connectivity index is 0.000000110. The second-order valence-corrected chi connectivity index (χ2v) is 12.3. The van der Waals surface area contributed by atoms with Gasteiger partial charge >= 0.3 is 11.9 Å². The number of cyclic esters (lactones) is 2. The molecule has 4 aliphatic rings. The fourth-order valence-corrected chi connectivity index (χ4v) is 5.95. The number of phenols is 3. The normalized spacial score (nSPS) is 13.3. The summed E-state index contributed by atoms with van der Waals surface area (Å²) in [5, 5.41) is 28.1. The number of benzene rings is 6. The number of phenolic OH excluding ortho intramolecular Hbond substituents is 3. The molecule has 0 radical (unpaired) electrons. The largest absolute Gasteiger partial charge is 0.508 e. The number of hydrogen-bond donors (Lipinski definition) is 4. The van der Waals surface area contributed by atoms with Crippen molar-refractivity contribution >= 4 is 17.6 Å². The molecule has 0 bridgehead atoms. The van der Waals surface area contributed by atoms with Crippen LogP contribution in [0, 0.1) is 0 Å². The van der Waals surface area contributed by atoms with E-state index in [0.717, 1.165) is 52.0 Å². The zero-order chi connectivity index (χ0) is 36.2. The summed E-state index contributed by atoms with van der Waals surface area (Å²) < 4.78 is 20.9. The molecule has 52 heavy (non-hydrogen) atoms. The number of rotatable bonds is 0. The molecule has 10 rings (SSSR count). The average Bonchev–Trinajstić information content (AvgIpc) is 3.72. The number of fused-ring (bicyclic) bond motifs is 6. The first-order valence-electron chi connectivity index (χ1n) is 16.4. The Hall–Kier alpha value is -6.94. The van der Waals surface area contributed by atoms with Crippen molar-refractivity contribution in [3.05, 3.63) is 166 Å². The molecule has 0 spiro atoms. The van der Waals surface area contributed by atoms with Gasteiger partial charge in [0.2, 0.25) is 0 Å². The molecular weight excluding hydrogens is 662 g/mol. The van der Waals surface area contributed by atoms with Gasteiger partial charge in [0.25, 0.3) is 0 Å². The van der Waals surface area contributed by atoms with Gasteiger partial charge in [-0.3, -0.25) is 0 Å². The molecule has 0 aliphatic carbocycles. The number of carbonyl (C=O) groups is 2. The molecular formula is C42H33NO9. The van der Waals surface area contributed by atoms with Crippen LogP contribution in [0.4, 0.5) is 5.69 Å². The van der Waals surface area contributed by atoms with Gasteiger partial charge in [-0.1, -0.05) is 60.7 Å². The third kappa shape index (κ3) is 7.46. The standard InChI is InChI=1S/C13H11NO2.C13H10O3.2C8H6O2/c2*14-10-3-1-8-5-9-2-4-11(15)7-13(9)16-12(8)6-10;2*9-8-7-4-2-1-3-6(7)5-10-8/h1-4,6-7,15H,5,14H2;1-4,6-7,14-15H,5H2;2*1-4H,5H2. The van der Waals surface area contributed by atoms with Gasteiger partial charge < -0.3 is 40.0 Å².